The molecule has 0 saturated heterocycles. The molecule has 2 amide bonds. The first kappa shape index (κ1) is 12.9. The minimum atomic E-state index is -0.0138. The van der Waals surface area contributed by atoms with Crippen LogP contribution in [0.25, 0.3) is 0 Å². The van der Waals surface area contributed by atoms with Crippen molar-refractivity contribution in [3.63, 3.8) is 0 Å². The molecule has 5 nitrogen and oxygen atoms in total. The molecule has 1 heterocycles. The van der Waals surface area contributed by atoms with Crippen molar-refractivity contribution < 1.29 is 4.79 Å². The van der Waals surface area contributed by atoms with Gasteiger partial charge in [0, 0.05) is 31.9 Å². The summed E-state index contributed by atoms with van der Waals surface area (Å²) in [5.74, 6) is 0.689. The molecule has 0 bridgehead atoms. The summed E-state index contributed by atoms with van der Waals surface area (Å²) in [7, 11) is 3.74. The summed E-state index contributed by atoms with van der Waals surface area (Å²) in [6.45, 7) is 4.09. The van der Waals surface area contributed by atoms with E-state index in [-0.39, 0.29) is 12.1 Å². The Balaban J connectivity index is 1.90. The van der Waals surface area contributed by atoms with Gasteiger partial charge in [0.25, 0.3) is 0 Å². The third-order valence-electron chi connectivity index (χ3n) is 3.80. The maximum Gasteiger partial charge on any atom is 0.317 e. The summed E-state index contributed by atoms with van der Waals surface area (Å²) in [6.07, 6.45) is 6.21. The van der Waals surface area contributed by atoms with Gasteiger partial charge in [0.05, 0.1) is 12.2 Å². The van der Waals surface area contributed by atoms with Crippen molar-refractivity contribution >= 4 is 6.03 Å². The van der Waals surface area contributed by atoms with Crippen molar-refractivity contribution in [3.05, 3.63) is 18.0 Å². The molecule has 2 unspecified atom stereocenters. The van der Waals surface area contributed by atoms with E-state index in [9.17, 15) is 4.79 Å². The number of urea groups is 1. The van der Waals surface area contributed by atoms with Gasteiger partial charge < -0.3 is 10.2 Å². The van der Waals surface area contributed by atoms with E-state index in [1.807, 2.05) is 32.1 Å². The van der Waals surface area contributed by atoms with Gasteiger partial charge in [-0.1, -0.05) is 0 Å². The fourth-order valence-electron chi connectivity index (χ4n) is 2.11. The minimum absolute atomic E-state index is 0.00856. The molecular formula is C13H22N4O. The van der Waals surface area contributed by atoms with Crippen LogP contribution in [0.2, 0.25) is 0 Å². The zero-order valence-electron chi connectivity index (χ0n) is 11.6. The van der Waals surface area contributed by atoms with Crippen LogP contribution >= 0.6 is 0 Å². The Bertz CT molecular complexity index is 424. The highest BCUT2D eigenvalue weighted by atomic mass is 16.2. The Morgan fingerprint density at radius 2 is 2.22 bits per heavy atom. The molecular weight excluding hydrogens is 228 g/mol. The lowest BCUT2D eigenvalue weighted by molar-refractivity contribution is 0.185. The zero-order valence-corrected chi connectivity index (χ0v) is 11.6. The molecule has 18 heavy (non-hydrogen) atoms. The lowest BCUT2D eigenvalue weighted by atomic mass is 10.2. The first-order chi connectivity index (χ1) is 8.49. The molecule has 2 rings (SSSR count). The number of aromatic nitrogens is 2. The quantitative estimate of drug-likeness (QED) is 0.887. The molecule has 1 aliphatic carbocycles. The van der Waals surface area contributed by atoms with E-state index < -0.39 is 0 Å². The molecule has 1 aromatic rings. The van der Waals surface area contributed by atoms with Gasteiger partial charge in [0.2, 0.25) is 0 Å². The molecule has 0 spiro atoms. The standard InChI is InChI=1S/C13H22N4O/c1-9(12-7-14-16(3)8-12)15-13(18)17(4)10(2)11-5-6-11/h7-11H,5-6H2,1-4H3,(H,15,18). The van der Waals surface area contributed by atoms with E-state index >= 15 is 0 Å². The van der Waals surface area contributed by atoms with Crippen LogP contribution in [0, 0.1) is 5.92 Å². The van der Waals surface area contributed by atoms with E-state index in [0.717, 1.165) is 5.56 Å². The van der Waals surface area contributed by atoms with Gasteiger partial charge in [-0.2, -0.15) is 5.10 Å². The molecule has 1 fully saturated rings. The molecule has 5 heteroatoms. The van der Waals surface area contributed by atoms with Crippen molar-refractivity contribution in [1.82, 2.24) is 20.0 Å². The lowest BCUT2D eigenvalue weighted by Gasteiger charge is -2.26. The Hall–Kier alpha value is -1.52. The highest BCUT2D eigenvalue weighted by molar-refractivity contribution is 5.74. The van der Waals surface area contributed by atoms with Crippen molar-refractivity contribution in [2.24, 2.45) is 13.0 Å². The number of amides is 2. The average molecular weight is 250 g/mol. The minimum Gasteiger partial charge on any atom is -0.331 e. The summed E-state index contributed by atoms with van der Waals surface area (Å²) in [5.41, 5.74) is 1.03. The molecule has 1 aliphatic rings. The van der Waals surface area contributed by atoms with Gasteiger partial charge in [0.1, 0.15) is 0 Å². The molecule has 2 atom stereocenters. The Morgan fingerprint density at radius 1 is 1.56 bits per heavy atom. The van der Waals surface area contributed by atoms with Crippen molar-refractivity contribution in [3.8, 4) is 0 Å². The normalized spacial score (nSPS) is 18.2. The summed E-state index contributed by atoms with van der Waals surface area (Å²) >= 11 is 0. The van der Waals surface area contributed by atoms with Crippen LogP contribution in [0.15, 0.2) is 12.4 Å². The third-order valence-corrected chi connectivity index (χ3v) is 3.80. The van der Waals surface area contributed by atoms with E-state index in [1.54, 1.807) is 10.9 Å². The van der Waals surface area contributed by atoms with Gasteiger partial charge >= 0.3 is 6.03 Å². The first-order valence-corrected chi connectivity index (χ1v) is 6.51. The van der Waals surface area contributed by atoms with Gasteiger partial charge in [-0.05, 0) is 32.6 Å². The topological polar surface area (TPSA) is 50.2 Å². The van der Waals surface area contributed by atoms with Crippen LogP contribution in [-0.2, 0) is 7.05 Å². The number of aryl methyl sites for hydroxylation is 1. The van der Waals surface area contributed by atoms with Gasteiger partial charge in [-0.15, -0.1) is 0 Å². The van der Waals surface area contributed by atoms with Gasteiger partial charge in [-0.25, -0.2) is 4.79 Å². The summed E-state index contributed by atoms with van der Waals surface area (Å²) < 4.78 is 1.74. The Kier molecular flexibility index (Phi) is 3.59. The monoisotopic (exact) mass is 250 g/mol. The van der Waals surface area contributed by atoms with Crippen LogP contribution in [0.1, 0.15) is 38.3 Å². The molecule has 0 radical (unpaired) electrons. The SMILES string of the molecule is CC(NC(=O)N(C)C(C)C1CC1)c1cnn(C)c1. The number of hydrogen-bond donors (Lipinski definition) is 1. The van der Waals surface area contributed by atoms with E-state index in [0.29, 0.717) is 12.0 Å². The molecule has 100 valence electrons. The summed E-state index contributed by atoms with van der Waals surface area (Å²) in [4.78, 5) is 13.9. The van der Waals surface area contributed by atoms with Crippen molar-refractivity contribution in [1.29, 1.82) is 0 Å². The van der Waals surface area contributed by atoms with Crippen LogP contribution < -0.4 is 5.32 Å². The number of rotatable bonds is 4. The second-order valence-electron chi connectivity index (χ2n) is 5.31. The summed E-state index contributed by atoms with van der Waals surface area (Å²) in [6, 6.07) is 0.303. The van der Waals surface area contributed by atoms with Crippen LogP contribution in [0.5, 0.6) is 0 Å². The number of nitrogens with one attached hydrogen (secondary N) is 1. The number of hydrogen-bond acceptors (Lipinski definition) is 2. The number of nitrogens with zero attached hydrogens (tertiary/aromatic N) is 3. The molecule has 1 saturated carbocycles. The molecule has 1 N–H and O–H groups in total. The van der Waals surface area contributed by atoms with Gasteiger partial charge in [0.15, 0.2) is 0 Å². The number of carbonyl (C=O) groups excluding carboxylic acids is 1. The van der Waals surface area contributed by atoms with E-state index in [2.05, 4.69) is 17.3 Å². The molecule has 1 aromatic heterocycles. The Morgan fingerprint density at radius 3 is 2.72 bits per heavy atom. The van der Waals surface area contributed by atoms with E-state index in [4.69, 9.17) is 0 Å². The first-order valence-electron chi connectivity index (χ1n) is 6.51. The molecule has 0 aromatic carbocycles. The fourth-order valence-corrected chi connectivity index (χ4v) is 2.11. The predicted octanol–water partition coefficient (Wildman–Crippen LogP) is 1.92. The van der Waals surface area contributed by atoms with Crippen LogP contribution in [0.4, 0.5) is 4.79 Å². The predicted molar refractivity (Wildman–Crippen MR) is 70.1 cm³/mol. The molecule has 0 aliphatic heterocycles. The number of carbonyl (C=O) groups is 1. The Labute approximate surface area is 108 Å². The lowest BCUT2D eigenvalue weighted by Crippen LogP contribution is -2.44. The highest BCUT2D eigenvalue weighted by Crippen LogP contribution is 2.34. The highest BCUT2D eigenvalue weighted by Gasteiger charge is 2.32. The maximum absolute atomic E-state index is 12.1. The van der Waals surface area contributed by atoms with Crippen molar-refractivity contribution in [2.75, 3.05) is 7.05 Å². The third kappa shape index (κ3) is 2.83. The van der Waals surface area contributed by atoms with E-state index in [1.165, 1.54) is 12.8 Å². The van der Waals surface area contributed by atoms with Crippen molar-refractivity contribution in [2.45, 2.75) is 38.8 Å². The fraction of sp³-hybridized carbons (Fsp3) is 0.692. The van der Waals surface area contributed by atoms with Gasteiger partial charge in [-0.3, -0.25) is 4.68 Å². The smallest absolute Gasteiger partial charge is 0.317 e. The largest absolute Gasteiger partial charge is 0.331 e. The second kappa shape index (κ2) is 5.00. The van der Waals surface area contributed by atoms with Crippen LogP contribution in [0.3, 0.4) is 0 Å². The maximum atomic E-state index is 12.1. The zero-order chi connectivity index (χ0) is 13.3. The summed E-state index contributed by atoms with van der Waals surface area (Å²) in [5, 5.41) is 7.12. The second-order valence-corrected chi connectivity index (χ2v) is 5.31. The van der Waals surface area contributed by atoms with Crippen LogP contribution in [-0.4, -0.2) is 33.8 Å². The average Bonchev–Trinajstić information content (AvgIpc) is 3.09.